The zero-order valence-corrected chi connectivity index (χ0v) is 11.0. The molecule has 0 bridgehead atoms. The first kappa shape index (κ1) is 12.4. The Morgan fingerprint density at radius 3 is 2.70 bits per heavy atom. The monoisotopic (exact) mass is 263 g/mol. The highest BCUT2D eigenvalue weighted by Crippen LogP contribution is 2.23. The molecule has 0 radical (unpaired) electrons. The minimum atomic E-state index is -0.369. The van der Waals surface area contributed by atoms with E-state index in [2.05, 4.69) is 4.98 Å². The molecule has 0 aliphatic carbocycles. The van der Waals surface area contributed by atoms with Gasteiger partial charge in [-0.1, -0.05) is 35.9 Å². The van der Waals surface area contributed by atoms with Gasteiger partial charge in [0.2, 0.25) is 0 Å². The van der Waals surface area contributed by atoms with E-state index < -0.39 is 0 Å². The Hall–Kier alpha value is -2.68. The molecular formula is C17H13NO2. The Morgan fingerprint density at radius 1 is 1.05 bits per heavy atom. The van der Waals surface area contributed by atoms with E-state index in [1.54, 1.807) is 24.4 Å². The Bertz CT molecular complexity index is 775. The minimum Gasteiger partial charge on any atom is -0.421 e. The van der Waals surface area contributed by atoms with Gasteiger partial charge >= 0.3 is 5.97 Å². The van der Waals surface area contributed by atoms with Gasteiger partial charge in [-0.05, 0) is 31.2 Å². The number of carbonyl (C=O) groups excluding carboxylic acids is 1. The highest BCUT2D eigenvalue weighted by molar-refractivity contribution is 5.94. The third-order valence-corrected chi connectivity index (χ3v) is 3.05. The maximum atomic E-state index is 12.2. The van der Waals surface area contributed by atoms with E-state index >= 15 is 0 Å². The highest BCUT2D eigenvalue weighted by Gasteiger charge is 2.11. The molecule has 3 heteroatoms. The van der Waals surface area contributed by atoms with Gasteiger partial charge in [0.05, 0.1) is 5.56 Å². The Balaban J connectivity index is 1.95. The van der Waals surface area contributed by atoms with Crippen LogP contribution in [-0.2, 0) is 0 Å². The third kappa shape index (κ3) is 2.38. The highest BCUT2D eigenvalue weighted by atomic mass is 16.5. The van der Waals surface area contributed by atoms with Gasteiger partial charge in [0, 0.05) is 11.6 Å². The van der Waals surface area contributed by atoms with Crippen molar-refractivity contribution < 1.29 is 9.53 Å². The van der Waals surface area contributed by atoms with Crippen molar-refractivity contribution >= 4 is 16.9 Å². The summed E-state index contributed by atoms with van der Waals surface area (Å²) >= 11 is 0. The summed E-state index contributed by atoms with van der Waals surface area (Å²) in [6.07, 6.45) is 1.69. The first-order chi connectivity index (χ1) is 9.74. The topological polar surface area (TPSA) is 39.2 Å². The van der Waals surface area contributed by atoms with Gasteiger partial charge in [-0.3, -0.25) is 4.98 Å². The number of nitrogens with zero attached hydrogens (tertiary/aromatic N) is 1. The Morgan fingerprint density at radius 2 is 1.85 bits per heavy atom. The number of fused-ring (bicyclic) bond motifs is 1. The molecule has 0 atom stereocenters. The first-order valence-corrected chi connectivity index (χ1v) is 6.36. The molecule has 0 aliphatic heterocycles. The van der Waals surface area contributed by atoms with Crippen molar-refractivity contribution in [1.29, 1.82) is 0 Å². The Labute approximate surface area is 116 Å². The number of benzene rings is 2. The van der Waals surface area contributed by atoms with Crippen molar-refractivity contribution in [3.8, 4) is 5.75 Å². The lowest BCUT2D eigenvalue weighted by molar-refractivity contribution is 0.0736. The van der Waals surface area contributed by atoms with Crippen molar-refractivity contribution in [3.05, 3.63) is 71.9 Å². The van der Waals surface area contributed by atoms with Crippen LogP contribution in [0.2, 0.25) is 0 Å². The molecule has 0 saturated carbocycles. The van der Waals surface area contributed by atoms with Crippen LogP contribution in [0.5, 0.6) is 5.75 Å². The molecule has 1 heterocycles. The van der Waals surface area contributed by atoms with Crippen LogP contribution in [0.1, 0.15) is 15.9 Å². The molecule has 20 heavy (non-hydrogen) atoms. The fourth-order valence-electron chi connectivity index (χ4n) is 2.09. The number of para-hydroxylation sites is 1. The molecule has 0 spiro atoms. The van der Waals surface area contributed by atoms with Crippen LogP contribution in [0.3, 0.4) is 0 Å². The van der Waals surface area contributed by atoms with E-state index in [9.17, 15) is 4.79 Å². The number of hydrogen-bond donors (Lipinski definition) is 0. The second kappa shape index (κ2) is 5.13. The maximum Gasteiger partial charge on any atom is 0.343 e. The lowest BCUT2D eigenvalue weighted by atomic mass is 10.1. The van der Waals surface area contributed by atoms with Gasteiger partial charge < -0.3 is 4.74 Å². The minimum absolute atomic E-state index is 0.369. The van der Waals surface area contributed by atoms with Gasteiger partial charge in [-0.15, -0.1) is 0 Å². The summed E-state index contributed by atoms with van der Waals surface area (Å²) in [5.41, 5.74) is 2.25. The predicted molar refractivity (Wildman–Crippen MR) is 77.9 cm³/mol. The van der Waals surface area contributed by atoms with Crippen LogP contribution in [0.4, 0.5) is 0 Å². The van der Waals surface area contributed by atoms with Crippen molar-refractivity contribution in [3.63, 3.8) is 0 Å². The Kier molecular flexibility index (Phi) is 3.17. The molecule has 98 valence electrons. The smallest absolute Gasteiger partial charge is 0.343 e. The summed E-state index contributed by atoms with van der Waals surface area (Å²) in [6.45, 7) is 1.94. The zero-order chi connectivity index (χ0) is 13.9. The van der Waals surface area contributed by atoms with E-state index in [-0.39, 0.29) is 5.97 Å². The van der Waals surface area contributed by atoms with Crippen molar-refractivity contribution in [2.45, 2.75) is 6.92 Å². The van der Waals surface area contributed by atoms with E-state index in [0.29, 0.717) is 16.8 Å². The summed E-state index contributed by atoms with van der Waals surface area (Å²) in [4.78, 5) is 16.4. The van der Waals surface area contributed by atoms with Crippen LogP contribution < -0.4 is 4.74 Å². The van der Waals surface area contributed by atoms with Crippen LogP contribution in [0.15, 0.2) is 60.8 Å². The van der Waals surface area contributed by atoms with Gasteiger partial charge in [0.15, 0.2) is 5.75 Å². The number of rotatable bonds is 2. The molecule has 1 aromatic heterocycles. The maximum absolute atomic E-state index is 12.2. The van der Waals surface area contributed by atoms with Crippen LogP contribution >= 0.6 is 0 Å². The molecule has 3 aromatic rings. The van der Waals surface area contributed by atoms with Crippen LogP contribution in [0, 0.1) is 6.92 Å². The number of carbonyl (C=O) groups is 1. The van der Waals surface area contributed by atoms with Gasteiger partial charge in [-0.25, -0.2) is 4.79 Å². The number of ether oxygens (including phenoxy) is 1. The molecule has 0 unspecified atom stereocenters. The molecule has 0 saturated heterocycles. The molecule has 0 N–H and O–H groups in total. The predicted octanol–water partition coefficient (Wildman–Crippen LogP) is 3.76. The lowest BCUT2D eigenvalue weighted by Crippen LogP contribution is -2.09. The van der Waals surface area contributed by atoms with Gasteiger partial charge in [0.1, 0.15) is 5.52 Å². The summed E-state index contributed by atoms with van der Waals surface area (Å²) in [6, 6.07) is 16.7. The normalized spacial score (nSPS) is 10.4. The molecule has 0 fully saturated rings. The van der Waals surface area contributed by atoms with Crippen LogP contribution in [-0.4, -0.2) is 11.0 Å². The number of hydrogen-bond acceptors (Lipinski definition) is 3. The summed E-state index contributed by atoms with van der Waals surface area (Å²) in [5, 5.41) is 0.946. The lowest BCUT2D eigenvalue weighted by Gasteiger charge is -2.07. The summed E-state index contributed by atoms with van der Waals surface area (Å²) < 4.78 is 5.47. The number of aryl methyl sites for hydroxylation is 1. The van der Waals surface area contributed by atoms with Crippen molar-refractivity contribution in [2.24, 2.45) is 0 Å². The van der Waals surface area contributed by atoms with E-state index in [4.69, 9.17) is 4.74 Å². The van der Waals surface area contributed by atoms with Crippen molar-refractivity contribution in [1.82, 2.24) is 4.98 Å². The van der Waals surface area contributed by atoms with E-state index in [1.807, 2.05) is 43.3 Å². The summed E-state index contributed by atoms with van der Waals surface area (Å²) in [7, 11) is 0. The zero-order valence-electron chi connectivity index (χ0n) is 11.0. The molecule has 0 amide bonds. The summed E-state index contributed by atoms with van der Waals surface area (Å²) in [5.74, 6) is 0.112. The van der Waals surface area contributed by atoms with E-state index in [0.717, 1.165) is 10.9 Å². The molecule has 3 rings (SSSR count). The van der Waals surface area contributed by atoms with Gasteiger partial charge in [0.25, 0.3) is 0 Å². The first-order valence-electron chi connectivity index (χ1n) is 6.36. The standard InChI is InChI=1S/C17H13NO2/c1-12-5-2-7-14(11-12)17(19)20-15-9-3-6-13-8-4-10-18-16(13)15/h2-11H,1H3. The second-order valence-corrected chi connectivity index (χ2v) is 4.59. The average molecular weight is 263 g/mol. The third-order valence-electron chi connectivity index (χ3n) is 3.05. The average Bonchev–Trinajstić information content (AvgIpc) is 2.47. The SMILES string of the molecule is Cc1cccc(C(=O)Oc2cccc3cccnc23)c1. The van der Waals surface area contributed by atoms with Crippen molar-refractivity contribution in [2.75, 3.05) is 0 Å². The number of pyridine rings is 1. The number of aromatic nitrogens is 1. The fourth-order valence-corrected chi connectivity index (χ4v) is 2.09. The second-order valence-electron chi connectivity index (χ2n) is 4.59. The van der Waals surface area contributed by atoms with Gasteiger partial charge in [-0.2, -0.15) is 0 Å². The van der Waals surface area contributed by atoms with Crippen LogP contribution in [0.25, 0.3) is 10.9 Å². The molecular weight excluding hydrogens is 250 g/mol. The number of esters is 1. The largest absolute Gasteiger partial charge is 0.421 e. The molecule has 3 nitrogen and oxygen atoms in total. The quantitative estimate of drug-likeness (QED) is 0.522. The molecule has 2 aromatic carbocycles. The van der Waals surface area contributed by atoms with E-state index in [1.165, 1.54) is 0 Å². The fraction of sp³-hybridized carbons (Fsp3) is 0.0588. The molecule has 0 aliphatic rings.